The van der Waals surface area contributed by atoms with Crippen LogP contribution >= 0.6 is 0 Å². The molecule has 0 fully saturated rings. The molecule has 4 aromatic carbocycles. The third-order valence-electron chi connectivity index (χ3n) is 5.21. The number of hydrogen-bond donors (Lipinski definition) is 1. The Morgan fingerprint density at radius 1 is 0.586 bits per heavy atom. The summed E-state index contributed by atoms with van der Waals surface area (Å²) in [5, 5.41) is 11.7. The zero-order valence-corrected chi connectivity index (χ0v) is 16.2. The van der Waals surface area contributed by atoms with Crippen molar-refractivity contribution in [1.82, 2.24) is 0 Å². The number of aliphatic hydroxyl groups is 1. The van der Waals surface area contributed by atoms with E-state index in [4.69, 9.17) is 4.74 Å². The van der Waals surface area contributed by atoms with E-state index in [9.17, 15) is 5.11 Å². The van der Waals surface area contributed by atoms with E-state index in [0.717, 1.165) is 22.3 Å². The minimum atomic E-state index is -1.04. The van der Waals surface area contributed by atoms with E-state index in [1.165, 1.54) is 0 Å². The fraction of sp³-hybridized carbons (Fsp3) is 0.111. The SMILES string of the molecule is O[C@@H](c1ccccc1)C(OCc1ccccc1)(c1ccccc1)c1ccccc1. The molecule has 0 unspecified atom stereocenters. The first-order chi connectivity index (χ1) is 14.3. The molecule has 144 valence electrons. The Kier molecular flexibility index (Phi) is 5.85. The monoisotopic (exact) mass is 380 g/mol. The van der Waals surface area contributed by atoms with E-state index in [2.05, 4.69) is 0 Å². The lowest BCUT2D eigenvalue weighted by Crippen LogP contribution is -2.38. The van der Waals surface area contributed by atoms with Crippen LogP contribution < -0.4 is 0 Å². The quantitative estimate of drug-likeness (QED) is 0.434. The maximum atomic E-state index is 11.7. The molecular weight excluding hydrogens is 356 g/mol. The fourth-order valence-electron chi connectivity index (χ4n) is 3.74. The van der Waals surface area contributed by atoms with Gasteiger partial charge in [0, 0.05) is 0 Å². The number of aliphatic hydroxyl groups excluding tert-OH is 1. The molecule has 0 saturated heterocycles. The van der Waals surface area contributed by atoms with Crippen LogP contribution in [0.1, 0.15) is 28.4 Å². The molecule has 0 amide bonds. The molecule has 1 atom stereocenters. The maximum Gasteiger partial charge on any atom is 0.148 e. The fourth-order valence-corrected chi connectivity index (χ4v) is 3.74. The number of hydrogen-bond acceptors (Lipinski definition) is 2. The van der Waals surface area contributed by atoms with Crippen molar-refractivity contribution >= 4 is 0 Å². The van der Waals surface area contributed by atoms with Crippen LogP contribution in [0.15, 0.2) is 121 Å². The van der Waals surface area contributed by atoms with E-state index in [0.29, 0.717) is 6.61 Å². The Morgan fingerprint density at radius 2 is 1.00 bits per heavy atom. The molecule has 29 heavy (non-hydrogen) atoms. The first-order valence-electron chi connectivity index (χ1n) is 9.82. The third-order valence-corrected chi connectivity index (χ3v) is 5.21. The van der Waals surface area contributed by atoms with Gasteiger partial charge in [-0.2, -0.15) is 0 Å². The first kappa shape index (κ1) is 19.1. The molecular formula is C27H24O2. The van der Waals surface area contributed by atoms with Crippen LogP contribution in [-0.2, 0) is 16.9 Å². The molecule has 0 aliphatic heterocycles. The molecule has 0 bridgehead atoms. The summed E-state index contributed by atoms with van der Waals surface area (Å²) in [6, 6.07) is 39.7. The Labute approximate surface area is 172 Å². The van der Waals surface area contributed by atoms with Gasteiger partial charge < -0.3 is 9.84 Å². The Hall–Kier alpha value is -3.20. The molecule has 0 saturated carbocycles. The van der Waals surface area contributed by atoms with Gasteiger partial charge in [-0.3, -0.25) is 0 Å². The highest BCUT2D eigenvalue weighted by Gasteiger charge is 2.43. The summed E-state index contributed by atoms with van der Waals surface area (Å²) in [5.41, 5.74) is 2.66. The van der Waals surface area contributed by atoms with Crippen LogP contribution in [0, 0.1) is 0 Å². The van der Waals surface area contributed by atoms with Crippen molar-refractivity contribution in [3.8, 4) is 0 Å². The van der Waals surface area contributed by atoms with Crippen LogP contribution in [-0.4, -0.2) is 5.11 Å². The second kappa shape index (κ2) is 8.87. The second-order valence-corrected chi connectivity index (χ2v) is 7.06. The topological polar surface area (TPSA) is 29.5 Å². The minimum absolute atomic E-state index is 0.383. The van der Waals surface area contributed by atoms with Gasteiger partial charge in [-0.25, -0.2) is 0 Å². The van der Waals surface area contributed by atoms with Gasteiger partial charge in [0.05, 0.1) is 6.61 Å². The van der Waals surface area contributed by atoms with Gasteiger partial charge in [-0.05, 0) is 22.3 Å². The van der Waals surface area contributed by atoms with Gasteiger partial charge in [0.15, 0.2) is 0 Å². The molecule has 0 spiro atoms. The van der Waals surface area contributed by atoms with Crippen molar-refractivity contribution in [2.75, 3.05) is 0 Å². The predicted molar refractivity (Wildman–Crippen MR) is 116 cm³/mol. The summed E-state index contributed by atoms with van der Waals surface area (Å²) in [5.74, 6) is 0. The average molecular weight is 380 g/mol. The van der Waals surface area contributed by atoms with Crippen molar-refractivity contribution in [2.45, 2.75) is 18.3 Å². The van der Waals surface area contributed by atoms with E-state index < -0.39 is 11.7 Å². The lowest BCUT2D eigenvalue weighted by Gasteiger charge is -2.39. The maximum absolute atomic E-state index is 11.7. The average Bonchev–Trinajstić information content (AvgIpc) is 2.82. The number of ether oxygens (including phenoxy) is 1. The van der Waals surface area contributed by atoms with Crippen LogP contribution in [0.2, 0.25) is 0 Å². The standard InChI is InChI=1S/C27H24O2/c28-26(23-15-7-2-8-16-23)27(24-17-9-3-10-18-24,25-19-11-4-12-20-25)29-21-22-13-5-1-6-14-22/h1-20,26,28H,21H2/t26-/m0/s1. The zero-order valence-electron chi connectivity index (χ0n) is 16.2. The van der Waals surface area contributed by atoms with Gasteiger partial charge in [-0.1, -0.05) is 121 Å². The molecule has 4 rings (SSSR count). The van der Waals surface area contributed by atoms with E-state index in [1.807, 2.05) is 121 Å². The van der Waals surface area contributed by atoms with Crippen LogP contribution in [0.5, 0.6) is 0 Å². The summed E-state index contributed by atoms with van der Waals surface area (Å²) in [7, 11) is 0. The number of rotatable bonds is 7. The molecule has 0 aliphatic rings. The van der Waals surface area contributed by atoms with Crippen molar-refractivity contribution in [3.63, 3.8) is 0 Å². The van der Waals surface area contributed by atoms with E-state index in [1.54, 1.807) is 0 Å². The second-order valence-electron chi connectivity index (χ2n) is 7.06. The molecule has 2 nitrogen and oxygen atoms in total. The van der Waals surface area contributed by atoms with E-state index >= 15 is 0 Å². The van der Waals surface area contributed by atoms with Gasteiger partial charge in [-0.15, -0.1) is 0 Å². The highest BCUT2D eigenvalue weighted by molar-refractivity contribution is 5.41. The van der Waals surface area contributed by atoms with Crippen LogP contribution in [0.4, 0.5) is 0 Å². The molecule has 0 aliphatic carbocycles. The molecule has 0 aromatic heterocycles. The van der Waals surface area contributed by atoms with Gasteiger partial charge in [0.2, 0.25) is 0 Å². The molecule has 0 heterocycles. The molecule has 0 radical (unpaired) electrons. The molecule has 2 heteroatoms. The summed E-state index contributed by atoms with van der Waals surface area (Å²) in [6.07, 6.45) is -0.878. The normalized spacial score (nSPS) is 12.4. The first-order valence-corrected chi connectivity index (χ1v) is 9.82. The van der Waals surface area contributed by atoms with Gasteiger partial charge >= 0.3 is 0 Å². The van der Waals surface area contributed by atoms with Crippen molar-refractivity contribution < 1.29 is 9.84 Å². The smallest absolute Gasteiger partial charge is 0.148 e. The van der Waals surface area contributed by atoms with E-state index in [-0.39, 0.29) is 0 Å². The van der Waals surface area contributed by atoms with Crippen molar-refractivity contribution in [1.29, 1.82) is 0 Å². The molecule has 4 aromatic rings. The van der Waals surface area contributed by atoms with Crippen LogP contribution in [0.3, 0.4) is 0 Å². The van der Waals surface area contributed by atoms with Crippen LogP contribution in [0.25, 0.3) is 0 Å². The lowest BCUT2D eigenvalue weighted by molar-refractivity contribution is -0.114. The Balaban J connectivity index is 1.87. The minimum Gasteiger partial charge on any atom is -0.385 e. The summed E-state index contributed by atoms with van der Waals surface area (Å²) < 4.78 is 6.65. The Morgan fingerprint density at radius 3 is 1.48 bits per heavy atom. The Bertz CT molecular complexity index is 960. The number of benzene rings is 4. The van der Waals surface area contributed by atoms with Gasteiger partial charge in [0.1, 0.15) is 11.7 Å². The summed E-state index contributed by atoms with van der Waals surface area (Å²) >= 11 is 0. The summed E-state index contributed by atoms with van der Waals surface area (Å²) in [4.78, 5) is 0. The highest BCUT2D eigenvalue weighted by Crippen LogP contribution is 2.45. The largest absolute Gasteiger partial charge is 0.385 e. The summed E-state index contributed by atoms with van der Waals surface area (Å²) in [6.45, 7) is 0.383. The van der Waals surface area contributed by atoms with Crippen molar-refractivity contribution in [3.05, 3.63) is 144 Å². The highest BCUT2D eigenvalue weighted by atomic mass is 16.5. The predicted octanol–water partition coefficient (Wildman–Crippen LogP) is 5.88. The third kappa shape index (κ3) is 4.00. The van der Waals surface area contributed by atoms with Crippen molar-refractivity contribution in [2.24, 2.45) is 0 Å². The zero-order chi connectivity index (χ0) is 19.9. The lowest BCUT2D eigenvalue weighted by atomic mass is 9.78. The van der Waals surface area contributed by atoms with Gasteiger partial charge in [0.25, 0.3) is 0 Å². The molecule has 1 N–H and O–H groups in total.